The van der Waals surface area contributed by atoms with E-state index in [2.05, 4.69) is 5.32 Å². The summed E-state index contributed by atoms with van der Waals surface area (Å²) in [6.07, 6.45) is -1.16. The molecule has 0 saturated carbocycles. The summed E-state index contributed by atoms with van der Waals surface area (Å²) in [6.45, 7) is 9.87. The van der Waals surface area contributed by atoms with E-state index in [0.29, 0.717) is 0 Å². The second kappa shape index (κ2) is 13.5. The molecule has 12 nitrogen and oxygen atoms in total. The van der Waals surface area contributed by atoms with Crippen LogP contribution >= 0.6 is 31.3 Å². The predicted octanol–water partition coefficient (Wildman–Crippen LogP) is 2.79. The number of thioether (sulfide) groups is 2. The molecule has 0 radical (unpaired) electrons. The molecule has 4 atom stereocenters. The molecule has 40 heavy (non-hydrogen) atoms. The smallest absolute Gasteiger partial charge is 0.384 e. The molecule has 1 amide bonds. The Kier molecular flexibility index (Phi) is 11.9. The van der Waals surface area contributed by atoms with Crippen molar-refractivity contribution in [1.82, 2.24) is 10.2 Å². The summed E-state index contributed by atoms with van der Waals surface area (Å²) in [7, 11) is -4.49. The van der Waals surface area contributed by atoms with E-state index in [1.165, 1.54) is 11.1 Å². The number of carbonyl (C=O) groups is 3. The van der Waals surface area contributed by atoms with Gasteiger partial charge in [0.2, 0.25) is 5.91 Å². The Labute approximate surface area is 242 Å². The van der Waals surface area contributed by atoms with Crippen LogP contribution < -0.4 is 5.32 Å². The molecule has 2 rings (SSSR count). The molecule has 2 heterocycles. The summed E-state index contributed by atoms with van der Waals surface area (Å²) < 4.78 is 50.4. The lowest BCUT2D eigenvalue weighted by Gasteiger charge is -2.35. The maximum atomic E-state index is 15.8. The minimum Gasteiger partial charge on any atom is -0.384 e. The Balaban J connectivity index is 2.08. The van der Waals surface area contributed by atoms with Crippen LogP contribution in [0.4, 0.5) is 4.39 Å². The maximum Gasteiger partial charge on any atom is 0.475 e. The van der Waals surface area contributed by atoms with Crippen molar-refractivity contribution >= 4 is 47.5 Å². The largest absolute Gasteiger partial charge is 0.475 e. The quantitative estimate of drug-likeness (QED) is 0.214. The van der Waals surface area contributed by atoms with Crippen LogP contribution in [0.5, 0.6) is 0 Å². The number of hydrogen-bond donors (Lipinski definition) is 3. The zero-order valence-corrected chi connectivity index (χ0v) is 26.3. The summed E-state index contributed by atoms with van der Waals surface area (Å²) in [5.74, 6) is -3.23. The normalized spacial score (nSPS) is 27.6. The molecular formula is C24H40FN2O10PS2. The number of rotatable bonds is 12. The maximum absolute atomic E-state index is 15.8. The highest BCUT2D eigenvalue weighted by Gasteiger charge is 2.64. The van der Waals surface area contributed by atoms with Gasteiger partial charge in [0.25, 0.3) is 5.85 Å². The van der Waals surface area contributed by atoms with Crippen LogP contribution in [0.2, 0.25) is 0 Å². The van der Waals surface area contributed by atoms with Gasteiger partial charge in [0.1, 0.15) is 18.3 Å². The van der Waals surface area contributed by atoms with Gasteiger partial charge >= 0.3 is 7.82 Å². The van der Waals surface area contributed by atoms with Gasteiger partial charge in [-0.2, -0.15) is 0 Å². The highest BCUT2D eigenvalue weighted by molar-refractivity contribution is 8.14. The van der Waals surface area contributed by atoms with Gasteiger partial charge in [0.05, 0.1) is 19.9 Å². The number of halogens is 1. The second-order valence-corrected chi connectivity index (χ2v) is 15.4. The molecule has 0 bridgehead atoms. The van der Waals surface area contributed by atoms with Crippen molar-refractivity contribution in [2.45, 2.75) is 72.3 Å². The molecule has 4 unspecified atom stereocenters. The number of aliphatic hydroxyl groups excluding tert-OH is 1. The van der Waals surface area contributed by atoms with E-state index >= 15 is 4.39 Å². The van der Waals surface area contributed by atoms with Crippen LogP contribution in [-0.4, -0.2) is 93.0 Å². The summed E-state index contributed by atoms with van der Waals surface area (Å²) in [5.41, 5.74) is -3.37. The van der Waals surface area contributed by atoms with E-state index in [1.54, 1.807) is 41.5 Å². The summed E-state index contributed by atoms with van der Waals surface area (Å²) in [6, 6.07) is 0. The van der Waals surface area contributed by atoms with Crippen molar-refractivity contribution in [3.63, 3.8) is 0 Å². The summed E-state index contributed by atoms with van der Waals surface area (Å²) in [5, 5.41) is 23.7. The molecule has 1 saturated heterocycles. The van der Waals surface area contributed by atoms with Gasteiger partial charge in [-0.3, -0.25) is 28.0 Å². The molecule has 2 aliphatic heterocycles. The Hall–Kier alpha value is -1.03. The first-order valence-corrected chi connectivity index (χ1v) is 16.0. The van der Waals surface area contributed by atoms with Gasteiger partial charge in [-0.1, -0.05) is 65.1 Å². The van der Waals surface area contributed by atoms with Crippen LogP contribution in [0.25, 0.3) is 0 Å². The molecule has 1 fully saturated rings. The van der Waals surface area contributed by atoms with Gasteiger partial charge in [-0.05, 0) is 6.92 Å². The minimum atomic E-state index is -4.49. The lowest BCUT2D eigenvalue weighted by molar-refractivity contribution is -0.211. The van der Waals surface area contributed by atoms with E-state index in [-0.39, 0.29) is 41.6 Å². The Bertz CT molecular complexity index is 979. The van der Waals surface area contributed by atoms with Crippen molar-refractivity contribution < 1.29 is 51.9 Å². The van der Waals surface area contributed by atoms with Crippen molar-refractivity contribution in [2.24, 2.45) is 10.8 Å². The highest BCUT2D eigenvalue weighted by atomic mass is 32.2. The summed E-state index contributed by atoms with van der Waals surface area (Å²) >= 11 is 1.92. The number of aliphatic hydroxyl groups is 2. The van der Waals surface area contributed by atoms with Crippen molar-refractivity contribution in [2.75, 3.05) is 38.0 Å². The van der Waals surface area contributed by atoms with E-state index in [1.807, 2.05) is 0 Å². The number of phosphoric acid groups is 1. The molecular weight excluding hydrogens is 590 g/mol. The standard InChI is InChI=1S/C24H40FN2O10PS2/c1-21(2,3)19(30)39-12-10-34-38(33,35-11-13-40-20(31)22(4,5)6)36-14-24(25)17(29)23(7,32)18(37-24)27-9-8-16(28)26-15-27/h8-9,17-18,29,32H,10-15H2,1-7H3,(H,26,28). The fourth-order valence-electron chi connectivity index (χ4n) is 3.34. The van der Waals surface area contributed by atoms with Gasteiger partial charge in [0.15, 0.2) is 16.5 Å². The van der Waals surface area contributed by atoms with Crippen LogP contribution in [-0.2, 0) is 37.3 Å². The van der Waals surface area contributed by atoms with Crippen LogP contribution in [0.1, 0.15) is 48.5 Å². The lowest BCUT2D eigenvalue weighted by atomic mass is 9.95. The molecule has 16 heteroatoms. The molecule has 0 aliphatic carbocycles. The number of alkyl halides is 1. The predicted molar refractivity (Wildman–Crippen MR) is 149 cm³/mol. The topological polar surface area (TPSA) is 161 Å². The number of phosphoric ester groups is 1. The Morgan fingerprint density at radius 1 is 1.12 bits per heavy atom. The monoisotopic (exact) mass is 630 g/mol. The zero-order chi connectivity index (χ0) is 30.6. The first kappa shape index (κ1) is 35.2. The number of carbonyl (C=O) groups excluding carboxylic acids is 3. The third-order valence-electron chi connectivity index (χ3n) is 5.70. The van der Waals surface area contributed by atoms with E-state index < -0.39 is 55.0 Å². The second-order valence-electron chi connectivity index (χ2n) is 11.6. The Morgan fingerprint density at radius 3 is 2.05 bits per heavy atom. The molecule has 0 aromatic rings. The number of nitrogens with zero attached hydrogens (tertiary/aromatic N) is 1. The van der Waals surface area contributed by atoms with E-state index in [9.17, 15) is 29.2 Å². The van der Waals surface area contributed by atoms with Crippen molar-refractivity contribution in [1.29, 1.82) is 0 Å². The number of ether oxygens (including phenoxy) is 1. The zero-order valence-electron chi connectivity index (χ0n) is 23.8. The average molecular weight is 631 g/mol. The molecule has 0 aromatic carbocycles. The third-order valence-corrected chi connectivity index (χ3v) is 9.63. The van der Waals surface area contributed by atoms with Crippen molar-refractivity contribution in [3.05, 3.63) is 12.3 Å². The molecule has 230 valence electrons. The average Bonchev–Trinajstić information content (AvgIpc) is 3.03. The van der Waals surface area contributed by atoms with Gasteiger partial charge in [-0.25, -0.2) is 8.96 Å². The van der Waals surface area contributed by atoms with E-state index in [0.717, 1.165) is 36.5 Å². The van der Waals surface area contributed by atoms with Crippen LogP contribution in [0.3, 0.4) is 0 Å². The number of hydrogen-bond acceptors (Lipinski definition) is 13. The highest BCUT2D eigenvalue weighted by Crippen LogP contribution is 2.52. The molecule has 2 aliphatic rings. The van der Waals surface area contributed by atoms with Crippen LogP contribution in [0, 0.1) is 10.8 Å². The van der Waals surface area contributed by atoms with Gasteiger partial charge in [-0.15, -0.1) is 0 Å². The first-order valence-electron chi connectivity index (χ1n) is 12.6. The summed E-state index contributed by atoms with van der Waals surface area (Å²) in [4.78, 5) is 37.0. The number of nitrogens with one attached hydrogen (secondary N) is 1. The SMILES string of the molecule is CC(C)(C)C(=O)SCCOP(=O)(OCCSC(=O)C(C)(C)C)OCC1(F)OC(N2C=CC(=O)NC2)C(C)(O)C1O. The fourth-order valence-corrected chi connectivity index (χ4v) is 6.35. The van der Waals surface area contributed by atoms with Crippen molar-refractivity contribution in [3.8, 4) is 0 Å². The van der Waals surface area contributed by atoms with Gasteiger partial charge in [0, 0.05) is 34.6 Å². The van der Waals surface area contributed by atoms with Gasteiger partial charge < -0.3 is 25.2 Å². The molecule has 3 N–H and O–H groups in total. The molecule has 0 aromatic heterocycles. The van der Waals surface area contributed by atoms with Crippen LogP contribution in [0.15, 0.2) is 12.3 Å². The third kappa shape index (κ3) is 9.50. The Morgan fingerprint density at radius 2 is 1.62 bits per heavy atom. The fraction of sp³-hybridized carbons (Fsp3) is 0.792. The van der Waals surface area contributed by atoms with E-state index in [4.69, 9.17) is 18.3 Å². The minimum absolute atomic E-state index is 0.105. The molecule has 0 spiro atoms. The first-order chi connectivity index (χ1) is 18.2. The number of amides is 1. The lowest BCUT2D eigenvalue weighted by Crippen LogP contribution is -2.55.